The van der Waals surface area contributed by atoms with E-state index in [0.29, 0.717) is 0 Å². The van der Waals surface area contributed by atoms with Gasteiger partial charge < -0.3 is 16.0 Å². The first kappa shape index (κ1) is 18.0. The molecule has 1 aliphatic rings. The highest BCUT2D eigenvalue weighted by Gasteiger charge is 2.13. The molecule has 0 unspecified atom stereocenters. The first-order valence-electron chi connectivity index (χ1n) is 9.04. The Hall–Kier alpha value is -2.79. The van der Waals surface area contributed by atoms with Crippen molar-refractivity contribution in [1.82, 2.24) is 14.9 Å². The van der Waals surface area contributed by atoms with Crippen LogP contribution in [0.2, 0.25) is 0 Å². The van der Waals surface area contributed by atoms with Crippen molar-refractivity contribution in [3.8, 4) is 0 Å². The van der Waals surface area contributed by atoms with Crippen LogP contribution in [0.3, 0.4) is 0 Å². The number of aromatic nitrogens is 2. The summed E-state index contributed by atoms with van der Waals surface area (Å²) in [6.07, 6.45) is 4.44. The fourth-order valence-electron chi connectivity index (χ4n) is 3.08. The minimum atomic E-state index is 0.792. The Kier molecular flexibility index (Phi) is 5.92. The summed E-state index contributed by atoms with van der Waals surface area (Å²) in [6.45, 7) is 6.98. The van der Waals surface area contributed by atoms with Gasteiger partial charge in [-0.1, -0.05) is 24.8 Å². The van der Waals surface area contributed by atoms with Crippen molar-refractivity contribution in [3.05, 3.63) is 60.4 Å². The number of nitrogens with two attached hydrogens (primary N) is 1. The zero-order valence-electron chi connectivity index (χ0n) is 15.3. The topological polar surface area (TPSA) is 70.0 Å². The molecule has 1 aromatic heterocycles. The van der Waals surface area contributed by atoms with Gasteiger partial charge in [0.2, 0.25) is 0 Å². The fourth-order valence-corrected chi connectivity index (χ4v) is 3.08. The smallest absolute Gasteiger partial charge is 0.121 e. The van der Waals surface area contributed by atoms with Gasteiger partial charge in [-0.25, -0.2) is 4.98 Å². The summed E-state index contributed by atoms with van der Waals surface area (Å²) in [6, 6.07) is 13.8. The minimum absolute atomic E-state index is 0.792. The predicted molar refractivity (Wildman–Crippen MR) is 111 cm³/mol. The molecule has 136 valence electrons. The largest absolute Gasteiger partial charge is 0.399 e. The molecule has 1 fully saturated rings. The molecule has 0 saturated carbocycles. The number of anilines is 2. The molecule has 0 spiro atoms. The molecule has 2 aromatic carbocycles. The normalized spacial score (nSPS) is 14.0. The Morgan fingerprint density at radius 2 is 1.92 bits per heavy atom. The Bertz CT molecular complexity index is 844. The second-order valence-corrected chi connectivity index (χ2v) is 6.52. The molecule has 0 aliphatic carbocycles. The third-order valence-corrected chi connectivity index (χ3v) is 4.56. The fraction of sp³-hybridized carbons (Fsp3) is 0.286. The molecule has 0 bridgehead atoms. The zero-order chi connectivity index (χ0) is 18.4. The van der Waals surface area contributed by atoms with Gasteiger partial charge in [0, 0.05) is 18.4 Å². The van der Waals surface area contributed by atoms with Crippen molar-refractivity contribution in [2.45, 2.75) is 19.4 Å². The van der Waals surface area contributed by atoms with Gasteiger partial charge in [0.15, 0.2) is 0 Å². The first-order valence-corrected chi connectivity index (χ1v) is 9.04. The molecule has 1 aliphatic heterocycles. The summed E-state index contributed by atoms with van der Waals surface area (Å²) in [5.41, 5.74) is 10.6. The van der Waals surface area contributed by atoms with Gasteiger partial charge in [0.1, 0.15) is 5.82 Å². The lowest BCUT2D eigenvalue weighted by molar-refractivity contribution is 0.324. The van der Waals surface area contributed by atoms with Crippen LogP contribution in [-0.4, -0.2) is 35.0 Å². The third-order valence-electron chi connectivity index (χ3n) is 4.56. The summed E-state index contributed by atoms with van der Waals surface area (Å²) in [4.78, 5) is 10.5. The van der Waals surface area contributed by atoms with Crippen molar-refractivity contribution >= 4 is 28.5 Å². The number of hydrogen-bond donors (Lipinski definition) is 3. The van der Waals surface area contributed by atoms with Gasteiger partial charge in [-0.3, -0.25) is 4.90 Å². The summed E-state index contributed by atoms with van der Waals surface area (Å²) < 4.78 is 0. The number of H-pyrrole nitrogens is 1. The highest BCUT2D eigenvalue weighted by atomic mass is 15.2. The average Bonchev–Trinajstić information content (AvgIpc) is 3.31. The standard InChI is InChI=1S/C13H18N4.C8H9N/c1-14-10-4-5-11-12(8-10)16-13(15-11)9-17-6-2-3-7-17;1-2-7-3-5-8(9)6-4-7/h4-5,8,14H,2-3,6-7,9H2,1H3,(H,15,16);2-6H,1,9H2. The Morgan fingerprint density at radius 1 is 1.19 bits per heavy atom. The molecule has 26 heavy (non-hydrogen) atoms. The van der Waals surface area contributed by atoms with E-state index < -0.39 is 0 Å². The third kappa shape index (κ3) is 4.64. The van der Waals surface area contributed by atoms with E-state index in [2.05, 4.69) is 45.0 Å². The summed E-state index contributed by atoms with van der Waals surface area (Å²) in [5, 5.41) is 3.14. The second kappa shape index (κ2) is 8.54. The quantitative estimate of drug-likeness (QED) is 0.620. The lowest BCUT2D eigenvalue weighted by atomic mass is 10.2. The van der Waals surface area contributed by atoms with E-state index in [9.17, 15) is 0 Å². The Morgan fingerprint density at radius 3 is 2.58 bits per heavy atom. The van der Waals surface area contributed by atoms with Gasteiger partial charge in [-0.2, -0.15) is 0 Å². The highest BCUT2D eigenvalue weighted by Crippen LogP contribution is 2.18. The van der Waals surface area contributed by atoms with Crippen LogP contribution in [0.25, 0.3) is 17.1 Å². The first-order chi connectivity index (χ1) is 12.7. The lowest BCUT2D eigenvalue weighted by Crippen LogP contribution is -2.19. The number of imidazole rings is 1. The number of likely N-dealkylation sites (tertiary alicyclic amines) is 1. The van der Waals surface area contributed by atoms with E-state index in [4.69, 9.17) is 5.73 Å². The van der Waals surface area contributed by atoms with Crippen LogP contribution in [0.5, 0.6) is 0 Å². The zero-order valence-corrected chi connectivity index (χ0v) is 15.3. The van der Waals surface area contributed by atoms with E-state index in [1.165, 1.54) is 25.9 Å². The van der Waals surface area contributed by atoms with Crippen LogP contribution >= 0.6 is 0 Å². The number of nitrogen functional groups attached to an aromatic ring is 1. The summed E-state index contributed by atoms with van der Waals surface area (Å²) >= 11 is 0. The van der Waals surface area contributed by atoms with E-state index in [0.717, 1.165) is 40.3 Å². The summed E-state index contributed by atoms with van der Waals surface area (Å²) in [7, 11) is 1.93. The van der Waals surface area contributed by atoms with Crippen molar-refractivity contribution in [1.29, 1.82) is 0 Å². The minimum Gasteiger partial charge on any atom is -0.399 e. The molecule has 0 atom stereocenters. The maximum atomic E-state index is 5.45. The summed E-state index contributed by atoms with van der Waals surface area (Å²) in [5.74, 6) is 1.08. The average molecular weight is 349 g/mol. The molecule has 3 aromatic rings. The van der Waals surface area contributed by atoms with Crippen molar-refractivity contribution < 1.29 is 0 Å². The van der Waals surface area contributed by atoms with Crippen LogP contribution in [0.1, 0.15) is 24.2 Å². The van der Waals surface area contributed by atoms with Crippen LogP contribution < -0.4 is 11.1 Å². The number of nitrogens with zero attached hydrogens (tertiary/aromatic N) is 2. The number of rotatable bonds is 4. The number of fused-ring (bicyclic) bond motifs is 1. The lowest BCUT2D eigenvalue weighted by Gasteiger charge is -2.11. The monoisotopic (exact) mass is 349 g/mol. The molecule has 5 nitrogen and oxygen atoms in total. The Labute approximate surface area is 154 Å². The van der Waals surface area contributed by atoms with Gasteiger partial charge >= 0.3 is 0 Å². The molecular weight excluding hydrogens is 322 g/mol. The number of hydrogen-bond acceptors (Lipinski definition) is 4. The number of nitrogens with one attached hydrogen (secondary N) is 2. The van der Waals surface area contributed by atoms with Gasteiger partial charge in [-0.05, 0) is 61.8 Å². The Balaban J connectivity index is 0.000000185. The molecule has 4 rings (SSSR count). The molecule has 2 heterocycles. The maximum Gasteiger partial charge on any atom is 0.121 e. The number of benzene rings is 2. The molecule has 1 saturated heterocycles. The van der Waals surface area contributed by atoms with E-state index >= 15 is 0 Å². The van der Waals surface area contributed by atoms with Gasteiger partial charge in [0.05, 0.1) is 17.6 Å². The van der Waals surface area contributed by atoms with Crippen LogP contribution in [0.4, 0.5) is 11.4 Å². The van der Waals surface area contributed by atoms with E-state index in [-0.39, 0.29) is 0 Å². The maximum absolute atomic E-state index is 5.45. The van der Waals surface area contributed by atoms with E-state index in [1.54, 1.807) is 6.08 Å². The van der Waals surface area contributed by atoms with Crippen LogP contribution in [0, 0.1) is 0 Å². The molecule has 0 radical (unpaired) electrons. The van der Waals surface area contributed by atoms with Crippen LogP contribution in [-0.2, 0) is 6.54 Å². The SMILES string of the molecule is C=Cc1ccc(N)cc1.CNc1ccc2nc(CN3CCCC3)[nH]c2c1. The van der Waals surface area contributed by atoms with Crippen molar-refractivity contribution in [2.75, 3.05) is 31.2 Å². The molecule has 5 heteroatoms. The second-order valence-electron chi connectivity index (χ2n) is 6.52. The predicted octanol–water partition coefficient (Wildman–Crippen LogP) is 4.11. The van der Waals surface area contributed by atoms with Gasteiger partial charge in [-0.15, -0.1) is 0 Å². The van der Waals surface area contributed by atoms with Crippen molar-refractivity contribution in [3.63, 3.8) is 0 Å². The highest BCUT2D eigenvalue weighted by molar-refractivity contribution is 5.79. The van der Waals surface area contributed by atoms with Crippen molar-refractivity contribution in [2.24, 2.45) is 0 Å². The van der Waals surface area contributed by atoms with Gasteiger partial charge in [0.25, 0.3) is 0 Å². The molecular formula is C21H27N5. The molecule has 0 amide bonds. The van der Waals surface area contributed by atoms with E-state index in [1.807, 2.05) is 31.3 Å². The van der Waals surface area contributed by atoms with Crippen LogP contribution in [0.15, 0.2) is 49.0 Å². The number of aromatic amines is 1. The molecule has 4 N–H and O–H groups in total.